The van der Waals surface area contributed by atoms with Gasteiger partial charge < -0.3 is 14.5 Å². The van der Waals surface area contributed by atoms with Crippen LogP contribution in [-0.4, -0.2) is 55.7 Å². The van der Waals surface area contributed by atoms with Crippen LogP contribution in [0.1, 0.15) is 64.2 Å². The lowest BCUT2D eigenvalue weighted by Crippen LogP contribution is -3.15. The van der Waals surface area contributed by atoms with Gasteiger partial charge in [-0.25, -0.2) is 0 Å². The number of amides is 1. The first kappa shape index (κ1) is 16.3. The number of quaternary nitrogens is 1. The first-order valence-electron chi connectivity index (χ1n) is 9.57. The van der Waals surface area contributed by atoms with Crippen LogP contribution in [0.3, 0.4) is 0 Å². The summed E-state index contributed by atoms with van der Waals surface area (Å²) < 4.78 is 5.43. The van der Waals surface area contributed by atoms with Crippen LogP contribution >= 0.6 is 0 Å². The maximum absolute atomic E-state index is 13.1. The van der Waals surface area contributed by atoms with Crippen LogP contribution in [0.5, 0.6) is 0 Å². The van der Waals surface area contributed by atoms with Gasteiger partial charge in [-0.15, -0.1) is 0 Å². The maximum Gasteiger partial charge on any atom is 0.278 e. The van der Waals surface area contributed by atoms with E-state index in [1.807, 2.05) is 0 Å². The summed E-state index contributed by atoms with van der Waals surface area (Å²) in [4.78, 5) is 16.9. The van der Waals surface area contributed by atoms with Crippen molar-refractivity contribution in [3.05, 3.63) is 0 Å². The number of rotatable bonds is 4. The van der Waals surface area contributed by atoms with E-state index in [0.29, 0.717) is 24.5 Å². The van der Waals surface area contributed by atoms with Crippen molar-refractivity contribution in [1.82, 2.24) is 4.90 Å². The van der Waals surface area contributed by atoms with E-state index in [9.17, 15) is 4.79 Å². The number of nitrogens with one attached hydrogen (secondary N) is 1. The minimum Gasteiger partial charge on any atom is -0.370 e. The predicted octanol–water partition coefficient (Wildman–Crippen LogP) is 1.40. The Morgan fingerprint density at radius 2 is 1.36 bits per heavy atom. The first-order valence-corrected chi connectivity index (χ1v) is 9.57. The van der Waals surface area contributed by atoms with Crippen LogP contribution in [-0.2, 0) is 9.53 Å². The van der Waals surface area contributed by atoms with Crippen molar-refractivity contribution in [1.29, 1.82) is 0 Å². The number of hydrogen-bond donors (Lipinski definition) is 1. The lowest BCUT2D eigenvalue weighted by Gasteiger charge is -2.42. The fraction of sp³-hybridized carbons (Fsp3) is 0.944. The van der Waals surface area contributed by atoms with Gasteiger partial charge in [0.05, 0.1) is 13.2 Å². The molecule has 3 aliphatic rings. The molecular weight excluding hydrogens is 276 g/mol. The number of nitrogens with zero attached hydrogens (tertiary/aromatic N) is 1. The molecule has 1 N–H and O–H groups in total. The molecule has 0 unspecified atom stereocenters. The van der Waals surface area contributed by atoms with Crippen LogP contribution in [0, 0.1) is 0 Å². The van der Waals surface area contributed by atoms with E-state index in [-0.39, 0.29) is 0 Å². The zero-order valence-corrected chi connectivity index (χ0v) is 14.0. The van der Waals surface area contributed by atoms with Gasteiger partial charge in [0.2, 0.25) is 0 Å². The third-order valence-electron chi connectivity index (χ3n) is 5.83. The van der Waals surface area contributed by atoms with Crippen LogP contribution < -0.4 is 4.90 Å². The monoisotopic (exact) mass is 309 g/mol. The van der Waals surface area contributed by atoms with E-state index < -0.39 is 0 Å². The summed E-state index contributed by atoms with van der Waals surface area (Å²) in [6, 6.07) is 1.06. The van der Waals surface area contributed by atoms with E-state index in [1.54, 1.807) is 0 Å². The Kier molecular flexibility index (Phi) is 6.13. The molecule has 1 heterocycles. The summed E-state index contributed by atoms with van der Waals surface area (Å²) in [5, 5.41) is 0. The van der Waals surface area contributed by atoms with Gasteiger partial charge in [0, 0.05) is 12.1 Å². The molecule has 0 radical (unpaired) electrons. The van der Waals surface area contributed by atoms with E-state index in [2.05, 4.69) is 4.90 Å². The largest absolute Gasteiger partial charge is 0.370 e. The molecule has 0 aromatic carbocycles. The van der Waals surface area contributed by atoms with Crippen LogP contribution in [0.2, 0.25) is 0 Å². The highest BCUT2D eigenvalue weighted by molar-refractivity contribution is 5.78. The lowest BCUT2D eigenvalue weighted by atomic mass is 9.88. The molecule has 3 fully saturated rings. The number of hydrogen-bond acceptors (Lipinski definition) is 2. The Labute approximate surface area is 135 Å². The van der Waals surface area contributed by atoms with Crippen molar-refractivity contribution >= 4 is 5.91 Å². The minimum atomic E-state index is 0.427. The average molecular weight is 309 g/mol. The zero-order chi connectivity index (χ0) is 15.2. The highest BCUT2D eigenvalue weighted by atomic mass is 16.5. The summed E-state index contributed by atoms with van der Waals surface area (Å²) in [7, 11) is 0. The smallest absolute Gasteiger partial charge is 0.278 e. The van der Waals surface area contributed by atoms with E-state index in [1.165, 1.54) is 69.1 Å². The fourth-order valence-electron chi connectivity index (χ4n) is 4.57. The molecule has 1 amide bonds. The van der Waals surface area contributed by atoms with Crippen molar-refractivity contribution in [3.63, 3.8) is 0 Å². The Bertz CT molecular complexity index is 325. The molecule has 2 saturated carbocycles. The van der Waals surface area contributed by atoms with Crippen LogP contribution in [0.4, 0.5) is 0 Å². The van der Waals surface area contributed by atoms with Crippen molar-refractivity contribution in [3.8, 4) is 0 Å². The minimum absolute atomic E-state index is 0.427. The molecule has 22 heavy (non-hydrogen) atoms. The molecular formula is C18H33N2O2+. The van der Waals surface area contributed by atoms with Crippen LogP contribution in [0.25, 0.3) is 0 Å². The molecule has 1 saturated heterocycles. The maximum atomic E-state index is 13.1. The molecule has 0 aromatic heterocycles. The molecule has 4 heteroatoms. The Morgan fingerprint density at radius 3 is 1.86 bits per heavy atom. The molecule has 0 bridgehead atoms. The second-order valence-corrected chi connectivity index (χ2v) is 7.42. The van der Waals surface area contributed by atoms with E-state index in [4.69, 9.17) is 4.74 Å². The van der Waals surface area contributed by atoms with Crippen LogP contribution in [0.15, 0.2) is 0 Å². The van der Waals surface area contributed by atoms with Gasteiger partial charge in [-0.3, -0.25) is 4.79 Å². The third-order valence-corrected chi connectivity index (χ3v) is 5.83. The molecule has 2 aliphatic carbocycles. The molecule has 0 spiro atoms. The topological polar surface area (TPSA) is 34.0 Å². The summed E-state index contributed by atoms with van der Waals surface area (Å²) in [5.74, 6) is 0.427. The Morgan fingerprint density at radius 1 is 0.864 bits per heavy atom. The van der Waals surface area contributed by atoms with Gasteiger partial charge in [-0.05, 0) is 25.7 Å². The van der Waals surface area contributed by atoms with E-state index in [0.717, 1.165) is 26.3 Å². The van der Waals surface area contributed by atoms with Crippen molar-refractivity contribution < 1.29 is 14.4 Å². The van der Waals surface area contributed by atoms with Gasteiger partial charge in [0.15, 0.2) is 6.54 Å². The Hall–Kier alpha value is -0.610. The van der Waals surface area contributed by atoms with Crippen molar-refractivity contribution in [2.45, 2.75) is 76.3 Å². The third kappa shape index (κ3) is 4.23. The lowest BCUT2D eigenvalue weighted by molar-refractivity contribution is -0.900. The molecule has 1 aliphatic heterocycles. The molecule has 0 atom stereocenters. The summed E-state index contributed by atoms with van der Waals surface area (Å²) in [6.45, 7) is 4.31. The van der Waals surface area contributed by atoms with Gasteiger partial charge in [0.1, 0.15) is 13.1 Å². The molecule has 126 valence electrons. The quantitative estimate of drug-likeness (QED) is 0.852. The highest BCUT2D eigenvalue weighted by Crippen LogP contribution is 2.30. The molecule has 4 nitrogen and oxygen atoms in total. The van der Waals surface area contributed by atoms with Gasteiger partial charge in [-0.2, -0.15) is 0 Å². The van der Waals surface area contributed by atoms with E-state index >= 15 is 0 Å². The van der Waals surface area contributed by atoms with Gasteiger partial charge in [-0.1, -0.05) is 38.5 Å². The molecule has 3 rings (SSSR count). The fourth-order valence-corrected chi connectivity index (χ4v) is 4.57. The summed E-state index contributed by atoms with van der Waals surface area (Å²) in [6.07, 6.45) is 12.9. The second kappa shape index (κ2) is 8.30. The Balaban J connectivity index is 1.64. The number of ether oxygens (including phenoxy) is 1. The average Bonchev–Trinajstić information content (AvgIpc) is 2.58. The van der Waals surface area contributed by atoms with Gasteiger partial charge in [0.25, 0.3) is 5.91 Å². The van der Waals surface area contributed by atoms with Crippen molar-refractivity contribution in [2.24, 2.45) is 0 Å². The second-order valence-electron chi connectivity index (χ2n) is 7.42. The standard InChI is InChI=1S/C18H32N2O2/c21-18(15-19-11-13-22-14-12-19)20(16-7-3-1-4-8-16)17-9-5-2-6-10-17/h16-17H,1-15H2/p+1. The van der Waals surface area contributed by atoms with Gasteiger partial charge >= 0.3 is 0 Å². The zero-order valence-electron chi connectivity index (χ0n) is 14.0. The number of morpholine rings is 1. The highest BCUT2D eigenvalue weighted by Gasteiger charge is 2.34. The van der Waals surface area contributed by atoms with Crippen molar-refractivity contribution in [2.75, 3.05) is 32.8 Å². The normalized spacial score (nSPS) is 26.0. The first-order chi connectivity index (χ1) is 10.8. The number of carbonyl (C=O) groups is 1. The predicted molar refractivity (Wildman–Crippen MR) is 87.0 cm³/mol. The summed E-state index contributed by atoms with van der Waals surface area (Å²) in [5.41, 5.74) is 0. The summed E-state index contributed by atoms with van der Waals surface area (Å²) >= 11 is 0. The SMILES string of the molecule is O=C(C[NH+]1CCOCC1)N(C1CCCCC1)C1CCCCC1. The number of carbonyl (C=O) groups excluding carboxylic acids is 1. The molecule has 0 aromatic rings.